The second-order valence-electron chi connectivity index (χ2n) is 6.88. The van der Waals surface area contributed by atoms with Crippen LogP contribution in [-0.4, -0.2) is 64.7 Å². The molecule has 2 aromatic rings. The van der Waals surface area contributed by atoms with Crippen molar-refractivity contribution < 1.29 is 14.4 Å². The van der Waals surface area contributed by atoms with Crippen molar-refractivity contribution in [2.45, 2.75) is 19.4 Å². The highest BCUT2D eigenvalue weighted by Gasteiger charge is 2.28. The maximum atomic E-state index is 12.7. The van der Waals surface area contributed by atoms with Crippen LogP contribution in [0.5, 0.6) is 0 Å². The maximum absolute atomic E-state index is 12.7. The van der Waals surface area contributed by atoms with Crippen LogP contribution in [0.2, 0.25) is 5.02 Å². The molecule has 1 unspecified atom stereocenters. The number of halogens is 1. The van der Waals surface area contributed by atoms with Crippen molar-refractivity contribution in [3.63, 3.8) is 0 Å². The number of carbonyl (C=O) groups is 3. The molecular formula is C21H23ClN4O3. The molecule has 1 fully saturated rings. The van der Waals surface area contributed by atoms with Crippen LogP contribution in [0, 0.1) is 0 Å². The Kier molecular flexibility index (Phi) is 6.82. The molecule has 29 heavy (non-hydrogen) atoms. The van der Waals surface area contributed by atoms with Crippen molar-refractivity contribution in [1.29, 1.82) is 0 Å². The third kappa shape index (κ3) is 5.32. The van der Waals surface area contributed by atoms with E-state index in [-0.39, 0.29) is 24.1 Å². The van der Waals surface area contributed by atoms with E-state index in [4.69, 9.17) is 11.6 Å². The van der Waals surface area contributed by atoms with Crippen LogP contribution in [0.25, 0.3) is 0 Å². The fourth-order valence-corrected chi connectivity index (χ4v) is 3.42. The average molecular weight is 415 g/mol. The molecule has 0 saturated carbocycles. The van der Waals surface area contributed by atoms with Gasteiger partial charge in [-0.15, -0.1) is 0 Å². The van der Waals surface area contributed by atoms with Crippen molar-refractivity contribution in [3.05, 3.63) is 64.9 Å². The van der Waals surface area contributed by atoms with Crippen LogP contribution < -0.4 is 5.32 Å². The zero-order valence-corrected chi connectivity index (χ0v) is 16.9. The predicted octanol–water partition coefficient (Wildman–Crippen LogP) is 1.77. The number of amides is 3. The highest BCUT2D eigenvalue weighted by atomic mass is 35.5. The van der Waals surface area contributed by atoms with Gasteiger partial charge in [0.25, 0.3) is 5.91 Å². The number of benzene rings is 1. The van der Waals surface area contributed by atoms with Gasteiger partial charge in [0.15, 0.2) is 0 Å². The normalized spacial score (nSPS) is 15.0. The van der Waals surface area contributed by atoms with Gasteiger partial charge in [-0.2, -0.15) is 0 Å². The molecule has 8 heteroatoms. The Morgan fingerprint density at radius 1 is 1.03 bits per heavy atom. The summed E-state index contributed by atoms with van der Waals surface area (Å²) in [5, 5.41) is 3.03. The fourth-order valence-electron chi connectivity index (χ4n) is 3.20. The predicted molar refractivity (Wildman–Crippen MR) is 109 cm³/mol. The third-order valence-corrected chi connectivity index (χ3v) is 5.17. The monoisotopic (exact) mass is 414 g/mol. The SMILES string of the molecule is CC(NC(=O)c1ccccc1Cl)C(=O)N1CCN(C(=O)Cc2ccccn2)CC1. The molecule has 7 nitrogen and oxygen atoms in total. The van der Waals surface area contributed by atoms with Crippen molar-refractivity contribution in [2.75, 3.05) is 26.2 Å². The van der Waals surface area contributed by atoms with Gasteiger partial charge in [0.2, 0.25) is 11.8 Å². The Morgan fingerprint density at radius 3 is 2.34 bits per heavy atom. The molecule has 1 aromatic heterocycles. The van der Waals surface area contributed by atoms with Gasteiger partial charge in [0, 0.05) is 38.1 Å². The highest BCUT2D eigenvalue weighted by molar-refractivity contribution is 6.33. The van der Waals surface area contributed by atoms with Crippen LogP contribution in [0.1, 0.15) is 23.0 Å². The number of nitrogens with one attached hydrogen (secondary N) is 1. The van der Waals surface area contributed by atoms with Gasteiger partial charge in [-0.3, -0.25) is 19.4 Å². The maximum Gasteiger partial charge on any atom is 0.253 e. The zero-order chi connectivity index (χ0) is 20.8. The number of carbonyl (C=O) groups excluding carboxylic acids is 3. The first-order valence-electron chi connectivity index (χ1n) is 9.47. The van der Waals surface area contributed by atoms with Crippen LogP contribution in [0.15, 0.2) is 48.7 Å². The van der Waals surface area contributed by atoms with E-state index in [9.17, 15) is 14.4 Å². The Morgan fingerprint density at radius 2 is 1.69 bits per heavy atom. The lowest BCUT2D eigenvalue weighted by molar-refractivity contribution is -0.140. The Labute approximate surface area is 174 Å². The van der Waals surface area contributed by atoms with E-state index < -0.39 is 6.04 Å². The zero-order valence-electron chi connectivity index (χ0n) is 16.2. The van der Waals surface area contributed by atoms with Gasteiger partial charge in [0.05, 0.1) is 17.0 Å². The van der Waals surface area contributed by atoms with Gasteiger partial charge >= 0.3 is 0 Å². The molecule has 1 aliphatic heterocycles. The molecule has 152 valence electrons. The summed E-state index contributed by atoms with van der Waals surface area (Å²) in [5.74, 6) is -0.571. The number of hydrogen-bond donors (Lipinski definition) is 1. The second-order valence-corrected chi connectivity index (χ2v) is 7.29. The molecule has 1 atom stereocenters. The molecular weight excluding hydrogens is 392 g/mol. The molecule has 1 saturated heterocycles. The minimum Gasteiger partial charge on any atom is -0.340 e. The van der Waals surface area contributed by atoms with Crippen molar-refractivity contribution in [2.24, 2.45) is 0 Å². The molecule has 3 rings (SSSR count). The Balaban J connectivity index is 1.49. The second kappa shape index (κ2) is 9.52. The van der Waals surface area contributed by atoms with E-state index in [0.717, 1.165) is 5.69 Å². The van der Waals surface area contributed by atoms with E-state index >= 15 is 0 Å². The van der Waals surface area contributed by atoms with Crippen LogP contribution in [-0.2, 0) is 16.0 Å². The Hall–Kier alpha value is -2.93. The standard InChI is InChI=1S/C21H23ClN4O3/c1-15(24-20(28)17-7-2-3-8-18(17)22)21(29)26-12-10-25(11-13-26)19(27)14-16-6-4-5-9-23-16/h2-9,15H,10-14H2,1H3,(H,24,28). The summed E-state index contributed by atoms with van der Waals surface area (Å²) in [5.41, 5.74) is 1.06. The molecule has 1 N–H and O–H groups in total. The number of piperazine rings is 1. The molecule has 0 bridgehead atoms. The molecule has 0 radical (unpaired) electrons. The molecule has 0 spiro atoms. The smallest absolute Gasteiger partial charge is 0.253 e. The van der Waals surface area contributed by atoms with E-state index in [2.05, 4.69) is 10.3 Å². The molecule has 0 aliphatic carbocycles. The number of hydrogen-bond acceptors (Lipinski definition) is 4. The van der Waals surface area contributed by atoms with Crippen LogP contribution in [0.3, 0.4) is 0 Å². The van der Waals surface area contributed by atoms with E-state index in [1.165, 1.54) is 0 Å². The number of rotatable bonds is 5. The van der Waals surface area contributed by atoms with E-state index in [0.29, 0.717) is 36.8 Å². The first-order chi connectivity index (χ1) is 14.0. The quantitative estimate of drug-likeness (QED) is 0.808. The van der Waals surface area contributed by atoms with Crippen molar-refractivity contribution in [3.8, 4) is 0 Å². The first-order valence-corrected chi connectivity index (χ1v) is 9.85. The largest absolute Gasteiger partial charge is 0.340 e. The summed E-state index contributed by atoms with van der Waals surface area (Å²) in [4.78, 5) is 45.0. The lowest BCUT2D eigenvalue weighted by Crippen LogP contribution is -2.55. The fraction of sp³-hybridized carbons (Fsp3) is 0.333. The summed E-state index contributed by atoms with van der Waals surface area (Å²) >= 11 is 6.04. The van der Waals surface area contributed by atoms with E-state index in [1.54, 1.807) is 47.2 Å². The van der Waals surface area contributed by atoms with Gasteiger partial charge in [-0.1, -0.05) is 29.8 Å². The van der Waals surface area contributed by atoms with E-state index in [1.807, 2.05) is 18.2 Å². The number of pyridine rings is 1. The molecule has 3 amide bonds. The molecule has 1 aliphatic rings. The van der Waals surface area contributed by atoms with Crippen LogP contribution in [0.4, 0.5) is 0 Å². The Bertz CT molecular complexity index is 883. The third-order valence-electron chi connectivity index (χ3n) is 4.84. The van der Waals surface area contributed by atoms with Gasteiger partial charge < -0.3 is 15.1 Å². The lowest BCUT2D eigenvalue weighted by Gasteiger charge is -2.36. The highest BCUT2D eigenvalue weighted by Crippen LogP contribution is 2.15. The van der Waals surface area contributed by atoms with Crippen LogP contribution >= 0.6 is 11.6 Å². The number of nitrogens with zero attached hydrogens (tertiary/aromatic N) is 3. The van der Waals surface area contributed by atoms with Gasteiger partial charge in [-0.05, 0) is 31.2 Å². The average Bonchev–Trinajstić information content (AvgIpc) is 2.74. The summed E-state index contributed by atoms with van der Waals surface area (Å²) < 4.78 is 0. The minimum atomic E-state index is -0.686. The molecule has 1 aromatic carbocycles. The summed E-state index contributed by atoms with van der Waals surface area (Å²) in [6.45, 7) is 3.43. The lowest BCUT2D eigenvalue weighted by atomic mass is 10.1. The summed E-state index contributed by atoms with van der Waals surface area (Å²) in [6.07, 6.45) is 1.91. The van der Waals surface area contributed by atoms with Crippen molar-refractivity contribution >= 4 is 29.3 Å². The van der Waals surface area contributed by atoms with Crippen molar-refractivity contribution in [1.82, 2.24) is 20.1 Å². The van der Waals surface area contributed by atoms with Gasteiger partial charge in [0.1, 0.15) is 6.04 Å². The minimum absolute atomic E-state index is 0.00382. The topological polar surface area (TPSA) is 82.6 Å². The van der Waals surface area contributed by atoms with Gasteiger partial charge in [-0.25, -0.2) is 0 Å². The summed E-state index contributed by atoms with van der Waals surface area (Å²) in [7, 11) is 0. The molecule has 2 heterocycles. The number of aromatic nitrogens is 1. The summed E-state index contributed by atoms with van der Waals surface area (Å²) in [6, 6.07) is 11.5. The first kappa shape index (κ1) is 20.8.